The topological polar surface area (TPSA) is 73.0 Å². The van der Waals surface area contributed by atoms with Crippen molar-refractivity contribution < 1.29 is 9.21 Å². The number of oxazole rings is 1. The molecule has 0 saturated heterocycles. The highest BCUT2D eigenvalue weighted by Crippen LogP contribution is 2.20. The Morgan fingerprint density at radius 3 is 2.79 bits per heavy atom. The summed E-state index contributed by atoms with van der Waals surface area (Å²) >= 11 is 0. The number of carbonyl (C=O) groups is 1. The second-order valence-corrected chi connectivity index (χ2v) is 5.96. The van der Waals surface area contributed by atoms with Crippen LogP contribution in [0.3, 0.4) is 0 Å². The molecule has 6 nitrogen and oxygen atoms in total. The van der Waals surface area contributed by atoms with Crippen molar-refractivity contribution in [3.63, 3.8) is 0 Å². The Morgan fingerprint density at radius 2 is 2.08 bits per heavy atom. The third-order valence-electron chi connectivity index (χ3n) is 3.82. The quantitative estimate of drug-likeness (QED) is 0.780. The summed E-state index contributed by atoms with van der Waals surface area (Å²) in [7, 11) is 0. The van der Waals surface area contributed by atoms with Gasteiger partial charge in [0.1, 0.15) is 5.76 Å². The molecule has 1 atom stereocenters. The van der Waals surface area contributed by atoms with E-state index in [1.807, 2.05) is 57.3 Å². The number of hydrogen-bond acceptors (Lipinski definition) is 4. The molecule has 1 unspecified atom stereocenters. The van der Waals surface area contributed by atoms with E-state index in [2.05, 4.69) is 15.4 Å². The van der Waals surface area contributed by atoms with Gasteiger partial charge in [0.2, 0.25) is 0 Å². The van der Waals surface area contributed by atoms with Gasteiger partial charge >= 0.3 is 0 Å². The van der Waals surface area contributed by atoms with E-state index in [4.69, 9.17) is 4.42 Å². The van der Waals surface area contributed by atoms with Gasteiger partial charge < -0.3 is 9.73 Å². The van der Waals surface area contributed by atoms with Crippen LogP contribution in [0.1, 0.15) is 54.5 Å². The Kier molecular flexibility index (Phi) is 4.46. The zero-order valence-corrected chi connectivity index (χ0v) is 13.9. The molecule has 1 amide bonds. The maximum Gasteiger partial charge on any atom is 0.274 e. The fourth-order valence-corrected chi connectivity index (χ4v) is 2.54. The van der Waals surface area contributed by atoms with Crippen LogP contribution in [0.5, 0.6) is 0 Å². The van der Waals surface area contributed by atoms with Crippen LogP contribution in [0, 0.1) is 0 Å². The Labute approximate surface area is 140 Å². The van der Waals surface area contributed by atoms with Crippen molar-refractivity contribution in [3.05, 3.63) is 66.1 Å². The second kappa shape index (κ2) is 6.70. The van der Waals surface area contributed by atoms with Gasteiger partial charge in [0.15, 0.2) is 12.1 Å². The first kappa shape index (κ1) is 16.0. The van der Waals surface area contributed by atoms with Gasteiger partial charge in [0, 0.05) is 18.3 Å². The van der Waals surface area contributed by atoms with Crippen LogP contribution in [0.2, 0.25) is 0 Å². The molecule has 0 radical (unpaired) electrons. The van der Waals surface area contributed by atoms with Crippen molar-refractivity contribution in [2.45, 2.75) is 32.7 Å². The summed E-state index contributed by atoms with van der Waals surface area (Å²) < 4.78 is 7.10. The van der Waals surface area contributed by atoms with Crippen LogP contribution < -0.4 is 5.32 Å². The monoisotopic (exact) mass is 324 g/mol. The molecule has 0 spiro atoms. The van der Waals surface area contributed by atoms with Crippen molar-refractivity contribution in [3.8, 4) is 5.69 Å². The summed E-state index contributed by atoms with van der Waals surface area (Å²) in [5, 5.41) is 7.20. The van der Waals surface area contributed by atoms with Crippen molar-refractivity contribution >= 4 is 5.91 Å². The van der Waals surface area contributed by atoms with E-state index in [1.54, 1.807) is 10.9 Å². The molecule has 6 heteroatoms. The summed E-state index contributed by atoms with van der Waals surface area (Å²) in [5.74, 6) is 0.473. The maximum atomic E-state index is 12.5. The number of nitrogens with one attached hydrogen (secondary N) is 1. The van der Waals surface area contributed by atoms with Crippen molar-refractivity contribution in [1.29, 1.82) is 0 Å². The van der Waals surface area contributed by atoms with Crippen LogP contribution in [0.15, 0.2) is 53.5 Å². The highest BCUT2D eigenvalue weighted by Gasteiger charge is 2.21. The zero-order valence-electron chi connectivity index (χ0n) is 13.9. The molecule has 3 rings (SSSR count). The van der Waals surface area contributed by atoms with E-state index in [0.717, 1.165) is 11.3 Å². The van der Waals surface area contributed by atoms with E-state index < -0.39 is 0 Å². The van der Waals surface area contributed by atoms with Gasteiger partial charge in [-0.15, -0.1) is 0 Å². The van der Waals surface area contributed by atoms with Crippen LogP contribution in [0.25, 0.3) is 5.69 Å². The predicted octanol–water partition coefficient (Wildman–Crippen LogP) is 3.47. The average Bonchev–Trinajstić information content (AvgIpc) is 3.26. The van der Waals surface area contributed by atoms with Gasteiger partial charge in [0.25, 0.3) is 5.91 Å². The van der Waals surface area contributed by atoms with Gasteiger partial charge in [-0.05, 0) is 30.7 Å². The highest BCUT2D eigenvalue weighted by molar-refractivity contribution is 5.93. The van der Waals surface area contributed by atoms with Crippen molar-refractivity contribution in [2.75, 3.05) is 0 Å². The number of carbonyl (C=O) groups excluding carboxylic acids is 1. The Bertz CT molecular complexity index is 821. The zero-order chi connectivity index (χ0) is 17.1. The molecule has 3 aromatic rings. The van der Waals surface area contributed by atoms with Gasteiger partial charge in [-0.25, -0.2) is 9.67 Å². The van der Waals surface area contributed by atoms with Crippen LogP contribution in [-0.4, -0.2) is 20.7 Å². The summed E-state index contributed by atoms with van der Waals surface area (Å²) in [6.07, 6.45) is 4.93. The number of hydrogen-bond donors (Lipinski definition) is 1. The largest absolute Gasteiger partial charge is 0.447 e. The van der Waals surface area contributed by atoms with Crippen LogP contribution in [0.4, 0.5) is 0 Å². The molecule has 1 aromatic carbocycles. The molecular formula is C18H20N4O2. The third kappa shape index (κ3) is 3.22. The molecule has 0 saturated carbocycles. The summed E-state index contributed by atoms with van der Waals surface area (Å²) in [6.45, 7) is 5.87. The van der Waals surface area contributed by atoms with Gasteiger partial charge in [-0.3, -0.25) is 4.79 Å². The van der Waals surface area contributed by atoms with Gasteiger partial charge in [0.05, 0.1) is 11.7 Å². The molecule has 0 aliphatic carbocycles. The molecule has 0 fully saturated rings. The van der Waals surface area contributed by atoms with Crippen LogP contribution >= 0.6 is 0 Å². The minimum atomic E-state index is -0.232. The number of nitrogens with zero attached hydrogens (tertiary/aromatic N) is 3. The first-order valence-electron chi connectivity index (χ1n) is 7.90. The predicted molar refractivity (Wildman–Crippen MR) is 90.0 cm³/mol. The van der Waals surface area contributed by atoms with E-state index in [1.165, 1.54) is 6.39 Å². The highest BCUT2D eigenvalue weighted by atomic mass is 16.3. The van der Waals surface area contributed by atoms with Crippen molar-refractivity contribution in [1.82, 2.24) is 20.1 Å². The van der Waals surface area contributed by atoms with Gasteiger partial charge in [-0.1, -0.05) is 26.0 Å². The molecule has 124 valence electrons. The molecule has 1 N–H and O–H groups in total. The minimum absolute atomic E-state index is 0.103. The summed E-state index contributed by atoms with van der Waals surface area (Å²) in [4.78, 5) is 16.5. The average molecular weight is 324 g/mol. The number of benzene rings is 1. The lowest BCUT2D eigenvalue weighted by Crippen LogP contribution is -2.28. The first-order chi connectivity index (χ1) is 11.6. The molecule has 2 heterocycles. The molecule has 24 heavy (non-hydrogen) atoms. The lowest BCUT2D eigenvalue weighted by molar-refractivity contribution is 0.0933. The smallest absolute Gasteiger partial charge is 0.274 e. The van der Waals surface area contributed by atoms with E-state index in [0.29, 0.717) is 11.5 Å². The summed E-state index contributed by atoms with van der Waals surface area (Å²) in [6, 6.07) is 9.61. The fourth-order valence-electron chi connectivity index (χ4n) is 2.54. The Hall–Kier alpha value is -2.89. The Morgan fingerprint density at radius 1 is 1.25 bits per heavy atom. The fraction of sp³-hybridized carbons (Fsp3) is 0.278. The summed E-state index contributed by atoms with van der Waals surface area (Å²) in [5.41, 5.74) is 2.29. The third-order valence-corrected chi connectivity index (χ3v) is 3.82. The molecule has 2 aromatic heterocycles. The molecular weight excluding hydrogens is 304 g/mol. The molecule has 0 bridgehead atoms. The van der Waals surface area contributed by atoms with E-state index in [-0.39, 0.29) is 17.9 Å². The SMILES string of the molecule is CC(C)c1ocnc1C(=O)NC(C)c1cccc(-n2cccn2)c1. The van der Waals surface area contributed by atoms with Crippen molar-refractivity contribution in [2.24, 2.45) is 0 Å². The number of amides is 1. The minimum Gasteiger partial charge on any atom is -0.447 e. The van der Waals surface area contributed by atoms with E-state index >= 15 is 0 Å². The lowest BCUT2D eigenvalue weighted by Gasteiger charge is -2.15. The molecule has 0 aliphatic heterocycles. The number of aromatic nitrogens is 3. The van der Waals surface area contributed by atoms with Gasteiger partial charge in [-0.2, -0.15) is 5.10 Å². The van der Waals surface area contributed by atoms with E-state index in [9.17, 15) is 4.79 Å². The van der Waals surface area contributed by atoms with Crippen LogP contribution in [-0.2, 0) is 0 Å². The number of rotatable bonds is 5. The Balaban J connectivity index is 1.77. The molecule has 0 aliphatic rings. The standard InChI is InChI=1S/C18H20N4O2/c1-12(2)17-16(19-11-24-17)18(23)21-13(3)14-6-4-7-15(10-14)22-9-5-8-20-22/h4-13H,1-3H3,(H,21,23). The maximum absolute atomic E-state index is 12.5. The normalized spacial score (nSPS) is 12.3. The second-order valence-electron chi connectivity index (χ2n) is 5.96. The first-order valence-corrected chi connectivity index (χ1v) is 7.90. The lowest BCUT2D eigenvalue weighted by atomic mass is 10.1.